The molecule has 0 aliphatic heterocycles. The molecule has 150 valence electrons. The Morgan fingerprint density at radius 2 is 1.77 bits per heavy atom. The number of carbonyl (C=O) groups excluding carboxylic acids is 1. The van der Waals surface area contributed by atoms with Crippen LogP contribution in [0.2, 0.25) is 0 Å². The van der Waals surface area contributed by atoms with Crippen LogP contribution in [-0.4, -0.2) is 28.0 Å². The smallest absolute Gasteiger partial charge is 0.248 e. The van der Waals surface area contributed by atoms with E-state index in [0.29, 0.717) is 34.0 Å². The molecule has 0 atom stereocenters. The number of hydrogen-bond donors (Lipinski definition) is 2. The summed E-state index contributed by atoms with van der Waals surface area (Å²) in [6, 6.07) is 17.1. The minimum Gasteiger partial charge on any atom is -0.494 e. The van der Waals surface area contributed by atoms with Crippen molar-refractivity contribution < 1.29 is 13.9 Å². The van der Waals surface area contributed by atoms with Gasteiger partial charge in [0.2, 0.25) is 5.91 Å². The van der Waals surface area contributed by atoms with E-state index in [4.69, 9.17) is 15.5 Å². The van der Waals surface area contributed by atoms with Crippen LogP contribution < -0.4 is 10.5 Å². The number of benzene rings is 2. The molecule has 2 heterocycles. The van der Waals surface area contributed by atoms with Gasteiger partial charge in [-0.25, -0.2) is 9.37 Å². The van der Waals surface area contributed by atoms with Crippen molar-refractivity contribution in [3.8, 4) is 39.8 Å². The van der Waals surface area contributed by atoms with E-state index in [1.54, 1.807) is 36.4 Å². The van der Waals surface area contributed by atoms with Crippen LogP contribution in [0.5, 0.6) is 5.75 Å². The summed E-state index contributed by atoms with van der Waals surface area (Å²) in [5.74, 6) is -0.254. The van der Waals surface area contributed by atoms with E-state index in [2.05, 4.69) is 9.97 Å². The van der Waals surface area contributed by atoms with Crippen molar-refractivity contribution in [2.75, 3.05) is 7.11 Å². The van der Waals surface area contributed by atoms with Gasteiger partial charge in [-0.1, -0.05) is 18.2 Å². The van der Waals surface area contributed by atoms with Gasteiger partial charge in [-0.2, -0.15) is 0 Å². The Morgan fingerprint density at radius 1 is 1.03 bits per heavy atom. The summed E-state index contributed by atoms with van der Waals surface area (Å²) in [6.45, 7) is 1.90. The van der Waals surface area contributed by atoms with Gasteiger partial charge in [0, 0.05) is 22.4 Å². The van der Waals surface area contributed by atoms with E-state index in [-0.39, 0.29) is 5.75 Å². The third kappa shape index (κ3) is 3.65. The molecular weight excluding hydrogens is 383 g/mol. The van der Waals surface area contributed by atoms with E-state index in [9.17, 15) is 9.18 Å². The average molecular weight is 402 g/mol. The highest BCUT2D eigenvalue weighted by molar-refractivity contribution is 5.93. The van der Waals surface area contributed by atoms with E-state index < -0.39 is 11.7 Å². The number of ether oxygens (including phenoxy) is 1. The zero-order valence-electron chi connectivity index (χ0n) is 16.4. The largest absolute Gasteiger partial charge is 0.494 e. The Hall–Kier alpha value is -4.00. The Balaban J connectivity index is 1.87. The van der Waals surface area contributed by atoms with Crippen LogP contribution in [0.4, 0.5) is 4.39 Å². The third-order valence-corrected chi connectivity index (χ3v) is 4.72. The van der Waals surface area contributed by atoms with Crippen LogP contribution in [0.3, 0.4) is 0 Å². The van der Waals surface area contributed by atoms with Gasteiger partial charge in [0.15, 0.2) is 11.6 Å². The molecule has 0 fully saturated rings. The van der Waals surface area contributed by atoms with Crippen molar-refractivity contribution in [3.05, 3.63) is 77.7 Å². The lowest BCUT2D eigenvalue weighted by atomic mass is 10.1. The lowest BCUT2D eigenvalue weighted by molar-refractivity contribution is 0.100. The van der Waals surface area contributed by atoms with Gasteiger partial charge < -0.3 is 15.5 Å². The number of nitrogens with zero attached hydrogens (tertiary/aromatic N) is 2. The molecule has 2 aromatic carbocycles. The van der Waals surface area contributed by atoms with Crippen LogP contribution in [-0.2, 0) is 0 Å². The maximum atomic E-state index is 14.4. The number of primary amides is 1. The summed E-state index contributed by atoms with van der Waals surface area (Å²) in [5.41, 5.74) is 9.83. The van der Waals surface area contributed by atoms with Crippen molar-refractivity contribution in [1.29, 1.82) is 0 Å². The summed E-state index contributed by atoms with van der Waals surface area (Å²) in [7, 11) is 1.42. The second kappa shape index (κ2) is 7.79. The monoisotopic (exact) mass is 402 g/mol. The van der Waals surface area contributed by atoms with Crippen molar-refractivity contribution in [2.45, 2.75) is 6.92 Å². The summed E-state index contributed by atoms with van der Waals surface area (Å²) < 4.78 is 19.4. The molecule has 0 bridgehead atoms. The predicted octanol–water partition coefficient (Wildman–Crippen LogP) is 4.36. The second-order valence-corrected chi connectivity index (χ2v) is 6.76. The third-order valence-electron chi connectivity index (χ3n) is 4.72. The fourth-order valence-electron chi connectivity index (χ4n) is 3.19. The minimum absolute atomic E-state index is 0.159. The van der Waals surface area contributed by atoms with Gasteiger partial charge in [-0.15, -0.1) is 0 Å². The molecule has 7 heteroatoms. The zero-order chi connectivity index (χ0) is 21.3. The molecule has 3 N–H and O–H groups in total. The van der Waals surface area contributed by atoms with Crippen LogP contribution in [0.25, 0.3) is 34.0 Å². The number of pyridine rings is 1. The molecule has 30 heavy (non-hydrogen) atoms. The van der Waals surface area contributed by atoms with Gasteiger partial charge >= 0.3 is 0 Å². The first kappa shape index (κ1) is 19.3. The Kier molecular flexibility index (Phi) is 5.02. The molecule has 0 radical (unpaired) electrons. The fourth-order valence-corrected chi connectivity index (χ4v) is 3.19. The molecular formula is C23H19FN4O2. The quantitative estimate of drug-likeness (QED) is 0.519. The predicted molar refractivity (Wildman–Crippen MR) is 112 cm³/mol. The number of halogens is 1. The Morgan fingerprint density at radius 3 is 2.40 bits per heavy atom. The minimum atomic E-state index is -0.500. The van der Waals surface area contributed by atoms with Crippen LogP contribution in [0.1, 0.15) is 16.1 Å². The molecule has 0 aliphatic carbocycles. The molecule has 2 aromatic heterocycles. The first-order valence-electron chi connectivity index (χ1n) is 9.24. The van der Waals surface area contributed by atoms with Gasteiger partial charge in [-0.05, 0) is 49.4 Å². The lowest BCUT2D eigenvalue weighted by Crippen LogP contribution is -2.10. The molecule has 0 spiro atoms. The number of aromatic amines is 1. The van der Waals surface area contributed by atoms with Gasteiger partial charge in [-0.3, -0.25) is 9.78 Å². The summed E-state index contributed by atoms with van der Waals surface area (Å²) in [4.78, 5) is 23.9. The summed E-state index contributed by atoms with van der Waals surface area (Å²) in [5, 5.41) is 0. The second-order valence-electron chi connectivity index (χ2n) is 6.76. The summed E-state index contributed by atoms with van der Waals surface area (Å²) in [6.07, 6.45) is 0. The van der Waals surface area contributed by atoms with Crippen molar-refractivity contribution in [2.24, 2.45) is 5.73 Å². The molecule has 6 nitrogen and oxygen atoms in total. The lowest BCUT2D eigenvalue weighted by Gasteiger charge is -2.06. The normalized spacial score (nSPS) is 10.8. The number of amides is 1. The highest BCUT2D eigenvalue weighted by Crippen LogP contribution is 2.34. The molecule has 0 aliphatic rings. The number of carbonyl (C=O) groups is 1. The van der Waals surface area contributed by atoms with Gasteiger partial charge in [0.1, 0.15) is 5.82 Å². The van der Waals surface area contributed by atoms with Crippen LogP contribution >= 0.6 is 0 Å². The van der Waals surface area contributed by atoms with Crippen LogP contribution in [0, 0.1) is 12.7 Å². The highest BCUT2D eigenvalue weighted by Gasteiger charge is 2.18. The standard InChI is InChI=1S/C23H19FN4O2/c1-13-4-3-5-18(26-13)21-20(16-10-11-19(30-2)17(24)12-16)27-23(28-21)15-8-6-14(7-9-15)22(25)29/h3-12H,1-2H3,(H2,25,29)(H,27,28). The molecule has 0 saturated heterocycles. The molecule has 0 saturated carbocycles. The number of nitrogens with two attached hydrogens (primary N) is 1. The topological polar surface area (TPSA) is 93.9 Å². The van der Waals surface area contributed by atoms with Crippen molar-refractivity contribution in [1.82, 2.24) is 15.0 Å². The van der Waals surface area contributed by atoms with Crippen molar-refractivity contribution in [3.63, 3.8) is 0 Å². The molecule has 4 aromatic rings. The van der Waals surface area contributed by atoms with E-state index >= 15 is 0 Å². The van der Waals surface area contributed by atoms with Gasteiger partial charge in [0.25, 0.3) is 0 Å². The van der Waals surface area contributed by atoms with Crippen molar-refractivity contribution >= 4 is 5.91 Å². The number of aryl methyl sites for hydroxylation is 1. The molecule has 4 rings (SSSR count). The molecule has 1 amide bonds. The maximum absolute atomic E-state index is 14.4. The van der Waals surface area contributed by atoms with Crippen LogP contribution in [0.15, 0.2) is 60.7 Å². The first-order chi connectivity index (χ1) is 14.5. The van der Waals surface area contributed by atoms with Gasteiger partial charge in [0.05, 0.1) is 24.2 Å². The number of aromatic nitrogens is 3. The maximum Gasteiger partial charge on any atom is 0.248 e. The van der Waals surface area contributed by atoms with E-state index in [1.165, 1.54) is 13.2 Å². The average Bonchev–Trinajstić information content (AvgIpc) is 3.19. The fraction of sp³-hybridized carbons (Fsp3) is 0.0870. The number of imidazole rings is 1. The SMILES string of the molecule is COc1ccc(-c2nc(-c3ccc(C(N)=O)cc3)[nH]c2-c2cccc(C)n2)cc1F. The number of H-pyrrole nitrogens is 1. The number of nitrogens with one attached hydrogen (secondary N) is 1. The Labute approximate surface area is 172 Å². The van der Waals surface area contributed by atoms with E-state index in [0.717, 1.165) is 11.3 Å². The first-order valence-corrected chi connectivity index (χ1v) is 9.24. The number of rotatable bonds is 5. The Bertz CT molecular complexity index is 1230. The van der Waals surface area contributed by atoms with E-state index in [1.807, 2.05) is 25.1 Å². The number of methoxy groups -OCH3 is 1. The molecule has 0 unspecified atom stereocenters. The number of hydrogen-bond acceptors (Lipinski definition) is 4. The zero-order valence-corrected chi connectivity index (χ0v) is 16.4. The summed E-state index contributed by atoms with van der Waals surface area (Å²) >= 11 is 0. The highest BCUT2D eigenvalue weighted by atomic mass is 19.1.